The Balaban J connectivity index is 2.21. The first kappa shape index (κ1) is 16.1. The zero-order valence-corrected chi connectivity index (χ0v) is 13.7. The van der Waals surface area contributed by atoms with Crippen LogP contribution in [-0.4, -0.2) is 23.1 Å². The van der Waals surface area contributed by atoms with Gasteiger partial charge in [-0.15, -0.1) is 0 Å². The maximum atomic E-state index is 12.3. The Morgan fingerprint density at radius 2 is 1.77 bits per heavy atom. The van der Waals surface area contributed by atoms with Crippen LogP contribution in [0.5, 0.6) is 5.75 Å². The van der Waals surface area contributed by atoms with Crippen LogP contribution >= 0.6 is 0 Å². The van der Waals surface area contributed by atoms with Crippen LogP contribution < -0.4 is 10.1 Å². The molecule has 1 amide bonds. The van der Waals surface area contributed by atoms with Crippen LogP contribution in [0.2, 0.25) is 0 Å². The molecule has 4 heteroatoms. The normalized spacial score (nSPS) is 12.7. The first-order valence-electron chi connectivity index (χ1n) is 7.46. The first-order valence-corrected chi connectivity index (χ1v) is 7.46. The van der Waals surface area contributed by atoms with Gasteiger partial charge in [0.25, 0.3) is 0 Å². The van der Waals surface area contributed by atoms with E-state index in [4.69, 9.17) is 4.74 Å². The summed E-state index contributed by atoms with van der Waals surface area (Å²) in [5, 5.41) is 3.03. The number of methoxy groups -OCH3 is 1. The lowest BCUT2D eigenvalue weighted by atomic mass is 10.0. The van der Waals surface area contributed by atoms with Crippen LogP contribution in [0.1, 0.15) is 38.8 Å². The Morgan fingerprint density at radius 3 is 2.27 bits per heavy atom. The minimum atomic E-state index is -0.224. The molecule has 118 valence electrons. The number of amides is 1. The third-order valence-electron chi connectivity index (χ3n) is 3.38. The topological polar surface area (TPSA) is 43.3 Å². The second-order valence-corrected chi connectivity index (χ2v) is 6.42. The molecule has 1 atom stereocenters. The van der Waals surface area contributed by atoms with Gasteiger partial charge in [0.15, 0.2) is 0 Å². The average Bonchev–Trinajstić information content (AvgIpc) is 2.97. The molecule has 0 aliphatic rings. The molecular weight excluding hydrogens is 276 g/mol. The fourth-order valence-electron chi connectivity index (χ4n) is 2.42. The van der Waals surface area contributed by atoms with E-state index in [1.165, 1.54) is 0 Å². The van der Waals surface area contributed by atoms with Gasteiger partial charge in [-0.25, -0.2) is 0 Å². The predicted octanol–water partition coefficient (Wildman–Crippen LogP) is 3.39. The molecule has 0 spiro atoms. The fourth-order valence-corrected chi connectivity index (χ4v) is 2.42. The van der Waals surface area contributed by atoms with Gasteiger partial charge in [-0.1, -0.05) is 12.1 Å². The number of ether oxygens (including phenoxy) is 1. The van der Waals surface area contributed by atoms with Crippen molar-refractivity contribution in [2.75, 3.05) is 7.11 Å². The summed E-state index contributed by atoms with van der Waals surface area (Å²) in [5.74, 6) is 0.858. The highest BCUT2D eigenvalue weighted by molar-refractivity contribution is 5.77. The molecule has 2 aromatic rings. The summed E-state index contributed by atoms with van der Waals surface area (Å²) in [7, 11) is 1.65. The lowest BCUT2D eigenvalue weighted by Crippen LogP contribution is -2.41. The average molecular weight is 300 g/mol. The van der Waals surface area contributed by atoms with E-state index < -0.39 is 0 Å². The maximum absolute atomic E-state index is 12.3. The van der Waals surface area contributed by atoms with E-state index in [1.54, 1.807) is 7.11 Å². The van der Waals surface area contributed by atoms with E-state index in [2.05, 4.69) is 9.88 Å². The van der Waals surface area contributed by atoms with E-state index >= 15 is 0 Å². The Hall–Kier alpha value is -2.23. The van der Waals surface area contributed by atoms with Gasteiger partial charge in [0, 0.05) is 17.9 Å². The SMILES string of the molecule is COc1ccc([C@H](CC(=O)NC(C)(C)C)n2cccc2)cc1. The van der Waals surface area contributed by atoms with Crippen molar-refractivity contribution in [1.82, 2.24) is 9.88 Å². The summed E-state index contributed by atoms with van der Waals surface area (Å²) in [6, 6.07) is 11.8. The van der Waals surface area contributed by atoms with Crippen molar-refractivity contribution in [3.63, 3.8) is 0 Å². The van der Waals surface area contributed by atoms with Gasteiger partial charge >= 0.3 is 0 Å². The highest BCUT2D eigenvalue weighted by Gasteiger charge is 2.20. The van der Waals surface area contributed by atoms with Crippen molar-refractivity contribution in [3.05, 3.63) is 54.4 Å². The summed E-state index contributed by atoms with van der Waals surface area (Å²) in [6.45, 7) is 5.97. The van der Waals surface area contributed by atoms with Gasteiger partial charge in [0.2, 0.25) is 5.91 Å². The number of nitrogens with zero attached hydrogens (tertiary/aromatic N) is 1. The summed E-state index contributed by atoms with van der Waals surface area (Å²) in [4.78, 5) is 12.3. The molecule has 0 unspecified atom stereocenters. The molecule has 1 heterocycles. The van der Waals surface area contributed by atoms with Crippen LogP contribution in [0.25, 0.3) is 0 Å². The summed E-state index contributed by atoms with van der Waals surface area (Å²) in [5.41, 5.74) is 0.860. The van der Waals surface area contributed by atoms with Crippen LogP contribution in [0.15, 0.2) is 48.8 Å². The van der Waals surface area contributed by atoms with E-state index in [0.29, 0.717) is 6.42 Å². The summed E-state index contributed by atoms with van der Waals surface area (Å²) >= 11 is 0. The number of hydrogen-bond donors (Lipinski definition) is 1. The number of carbonyl (C=O) groups is 1. The molecule has 1 aromatic carbocycles. The molecule has 22 heavy (non-hydrogen) atoms. The van der Waals surface area contributed by atoms with Gasteiger partial charge in [0.1, 0.15) is 5.75 Å². The highest BCUT2D eigenvalue weighted by atomic mass is 16.5. The molecule has 0 saturated carbocycles. The molecule has 0 radical (unpaired) electrons. The minimum absolute atomic E-state index is 0.0248. The largest absolute Gasteiger partial charge is 0.497 e. The first-order chi connectivity index (χ1) is 10.4. The fraction of sp³-hybridized carbons (Fsp3) is 0.389. The molecule has 0 aliphatic heterocycles. The predicted molar refractivity (Wildman–Crippen MR) is 88.1 cm³/mol. The van der Waals surface area contributed by atoms with Crippen molar-refractivity contribution in [3.8, 4) is 5.75 Å². The molecule has 0 saturated heterocycles. The van der Waals surface area contributed by atoms with E-state index in [1.807, 2.05) is 69.6 Å². The van der Waals surface area contributed by atoms with Gasteiger partial charge < -0.3 is 14.6 Å². The van der Waals surface area contributed by atoms with Crippen molar-refractivity contribution < 1.29 is 9.53 Å². The molecule has 0 aliphatic carbocycles. The third kappa shape index (κ3) is 4.38. The van der Waals surface area contributed by atoms with Gasteiger partial charge in [-0.3, -0.25) is 4.79 Å². The van der Waals surface area contributed by atoms with Crippen molar-refractivity contribution in [1.29, 1.82) is 0 Å². The quantitative estimate of drug-likeness (QED) is 0.919. The number of rotatable bonds is 5. The summed E-state index contributed by atoms with van der Waals surface area (Å²) in [6.07, 6.45) is 4.37. The second-order valence-electron chi connectivity index (χ2n) is 6.42. The zero-order chi connectivity index (χ0) is 16.2. The Morgan fingerprint density at radius 1 is 1.18 bits per heavy atom. The molecule has 1 N–H and O–H groups in total. The van der Waals surface area contributed by atoms with Crippen LogP contribution in [0, 0.1) is 0 Å². The Bertz CT molecular complexity index is 595. The molecular formula is C18H24N2O2. The number of aromatic nitrogens is 1. The molecule has 4 nitrogen and oxygen atoms in total. The number of benzene rings is 1. The highest BCUT2D eigenvalue weighted by Crippen LogP contribution is 2.24. The van der Waals surface area contributed by atoms with Crippen molar-refractivity contribution >= 4 is 5.91 Å². The van der Waals surface area contributed by atoms with Crippen molar-refractivity contribution in [2.24, 2.45) is 0 Å². The molecule has 0 bridgehead atoms. The molecule has 1 aromatic heterocycles. The number of carbonyl (C=O) groups excluding carboxylic acids is 1. The van der Waals surface area contributed by atoms with Crippen molar-refractivity contribution in [2.45, 2.75) is 38.8 Å². The van der Waals surface area contributed by atoms with Crippen LogP contribution in [-0.2, 0) is 4.79 Å². The van der Waals surface area contributed by atoms with E-state index in [9.17, 15) is 4.79 Å². The minimum Gasteiger partial charge on any atom is -0.497 e. The molecule has 0 fully saturated rings. The lowest BCUT2D eigenvalue weighted by molar-refractivity contribution is -0.123. The zero-order valence-electron chi connectivity index (χ0n) is 13.7. The van der Waals surface area contributed by atoms with Gasteiger partial charge in [0.05, 0.1) is 19.6 Å². The standard InChI is InChI=1S/C18H24N2O2/c1-18(2,3)19-17(21)13-16(20-11-5-6-12-20)14-7-9-15(22-4)10-8-14/h5-12,16H,13H2,1-4H3,(H,19,21)/t16-/m0/s1. The Labute approximate surface area is 132 Å². The van der Waals surface area contributed by atoms with Crippen LogP contribution in [0.3, 0.4) is 0 Å². The van der Waals surface area contributed by atoms with Gasteiger partial charge in [-0.05, 0) is 50.6 Å². The van der Waals surface area contributed by atoms with E-state index in [0.717, 1.165) is 11.3 Å². The lowest BCUT2D eigenvalue weighted by Gasteiger charge is -2.24. The summed E-state index contributed by atoms with van der Waals surface area (Å²) < 4.78 is 7.26. The number of hydrogen-bond acceptors (Lipinski definition) is 2. The van der Waals surface area contributed by atoms with Crippen LogP contribution in [0.4, 0.5) is 0 Å². The van der Waals surface area contributed by atoms with E-state index in [-0.39, 0.29) is 17.5 Å². The van der Waals surface area contributed by atoms with Gasteiger partial charge in [-0.2, -0.15) is 0 Å². The smallest absolute Gasteiger partial charge is 0.222 e. The number of nitrogens with one attached hydrogen (secondary N) is 1. The molecule has 2 rings (SSSR count). The monoisotopic (exact) mass is 300 g/mol. The second kappa shape index (κ2) is 6.69. The third-order valence-corrected chi connectivity index (χ3v) is 3.38. The Kier molecular flexibility index (Phi) is 4.91. The maximum Gasteiger partial charge on any atom is 0.222 e.